The van der Waals surface area contributed by atoms with Gasteiger partial charge in [0.15, 0.2) is 0 Å². The molecular weight excluding hydrogens is 321 g/mol. The molecule has 1 aromatic rings. The summed E-state index contributed by atoms with van der Waals surface area (Å²) in [7, 11) is 1.72. The highest BCUT2D eigenvalue weighted by atomic mass is 127. The molecule has 0 amide bonds. The molecule has 15 heavy (non-hydrogen) atoms. The zero-order valence-electron chi connectivity index (χ0n) is 8.66. The fourth-order valence-electron chi connectivity index (χ4n) is 1.96. The van der Waals surface area contributed by atoms with Crippen molar-refractivity contribution < 1.29 is 4.74 Å². The number of nitrogens with zero attached hydrogens (tertiary/aromatic N) is 1. The van der Waals surface area contributed by atoms with Crippen LogP contribution in [0.15, 0.2) is 12.1 Å². The highest BCUT2D eigenvalue weighted by Crippen LogP contribution is 2.34. The van der Waals surface area contributed by atoms with Crippen molar-refractivity contribution in [1.29, 1.82) is 0 Å². The minimum absolute atomic E-state index is 0.775. The first-order valence-corrected chi connectivity index (χ1v) is 6.69. The molecule has 1 aliphatic rings. The van der Waals surface area contributed by atoms with Crippen molar-refractivity contribution >= 4 is 40.9 Å². The summed E-state index contributed by atoms with van der Waals surface area (Å²) in [4.78, 5) is 2.29. The van der Waals surface area contributed by atoms with Gasteiger partial charge in [-0.25, -0.2) is 0 Å². The molecule has 2 nitrogen and oxygen atoms in total. The first kappa shape index (κ1) is 11.4. The maximum absolute atomic E-state index is 5.34. The Bertz CT molecular complexity index is 370. The fourth-order valence-corrected chi connectivity index (χ4v) is 3.01. The Balaban J connectivity index is 2.46. The Morgan fingerprint density at radius 3 is 3.00 bits per heavy atom. The molecule has 0 N–H and O–H groups in total. The van der Waals surface area contributed by atoms with Crippen molar-refractivity contribution in [2.45, 2.75) is 12.8 Å². The Morgan fingerprint density at radius 1 is 1.53 bits per heavy atom. The molecule has 0 aromatic heterocycles. The van der Waals surface area contributed by atoms with Gasteiger partial charge in [-0.2, -0.15) is 12.6 Å². The molecule has 0 aliphatic carbocycles. The lowest BCUT2D eigenvalue weighted by Crippen LogP contribution is -2.28. The van der Waals surface area contributed by atoms with Crippen molar-refractivity contribution in [2.24, 2.45) is 0 Å². The van der Waals surface area contributed by atoms with E-state index in [4.69, 9.17) is 4.74 Å². The predicted octanol–water partition coefficient (Wildman–Crippen LogP) is 2.94. The van der Waals surface area contributed by atoms with Crippen LogP contribution in [0, 0.1) is 3.57 Å². The summed E-state index contributed by atoms with van der Waals surface area (Å²) in [6, 6.07) is 4.36. The van der Waals surface area contributed by atoms with Crippen LogP contribution in [0.2, 0.25) is 0 Å². The molecule has 2 rings (SSSR count). The Kier molecular flexibility index (Phi) is 3.66. The maximum atomic E-state index is 5.34. The SMILES string of the molecule is COc1cc2c(cc1I)CCCN2CS. The summed E-state index contributed by atoms with van der Waals surface area (Å²) in [6.45, 7) is 1.10. The lowest BCUT2D eigenvalue weighted by atomic mass is 10.0. The van der Waals surface area contributed by atoms with Gasteiger partial charge < -0.3 is 9.64 Å². The summed E-state index contributed by atoms with van der Waals surface area (Å²) in [5.74, 6) is 1.74. The summed E-state index contributed by atoms with van der Waals surface area (Å²) in [5, 5.41) is 0. The number of aryl methyl sites for hydroxylation is 1. The number of thiol groups is 1. The van der Waals surface area contributed by atoms with Crippen LogP contribution in [0.4, 0.5) is 5.69 Å². The van der Waals surface area contributed by atoms with Crippen LogP contribution >= 0.6 is 35.2 Å². The third kappa shape index (κ3) is 2.20. The van der Waals surface area contributed by atoms with Crippen LogP contribution in [0.1, 0.15) is 12.0 Å². The van der Waals surface area contributed by atoms with Crippen molar-refractivity contribution in [1.82, 2.24) is 0 Å². The number of fused-ring (bicyclic) bond motifs is 1. The van der Waals surface area contributed by atoms with Gasteiger partial charge in [-0.3, -0.25) is 0 Å². The zero-order valence-corrected chi connectivity index (χ0v) is 11.7. The molecule has 0 fully saturated rings. The van der Waals surface area contributed by atoms with Gasteiger partial charge in [0.25, 0.3) is 0 Å². The molecular formula is C11H14INOS. The minimum atomic E-state index is 0.775. The molecule has 0 unspecified atom stereocenters. The van der Waals surface area contributed by atoms with Gasteiger partial charge in [-0.15, -0.1) is 0 Å². The number of hydrogen-bond donors (Lipinski definition) is 1. The minimum Gasteiger partial charge on any atom is -0.496 e. The lowest BCUT2D eigenvalue weighted by Gasteiger charge is -2.30. The first-order chi connectivity index (χ1) is 7.26. The molecule has 1 aliphatic heterocycles. The summed E-state index contributed by atoms with van der Waals surface area (Å²) in [5.41, 5.74) is 2.70. The monoisotopic (exact) mass is 335 g/mol. The van der Waals surface area contributed by atoms with Gasteiger partial charge in [0, 0.05) is 18.3 Å². The molecule has 0 saturated carbocycles. The zero-order chi connectivity index (χ0) is 10.8. The van der Waals surface area contributed by atoms with Gasteiger partial charge in [0.2, 0.25) is 0 Å². The van der Waals surface area contributed by atoms with E-state index in [1.807, 2.05) is 0 Å². The van der Waals surface area contributed by atoms with Crippen molar-refractivity contribution in [3.05, 3.63) is 21.3 Å². The van der Waals surface area contributed by atoms with Gasteiger partial charge in [-0.05, 0) is 47.1 Å². The molecule has 82 valence electrons. The van der Waals surface area contributed by atoms with Crippen LogP contribution in [-0.4, -0.2) is 19.5 Å². The van der Waals surface area contributed by atoms with Crippen LogP contribution in [0.3, 0.4) is 0 Å². The van der Waals surface area contributed by atoms with Crippen LogP contribution in [0.5, 0.6) is 5.75 Å². The molecule has 1 aromatic carbocycles. The summed E-state index contributed by atoms with van der Waals surface area (Å²) in [6.07, 6.45) is 2.38. The number of anilines is 1. The quantitative estimate of drug-likeness (QED) is 0.659. The Morgan fingerprint density at radius 2 is 2.33 bits per heavy atom. The normalized spacial score (nSPS) is 15.0. The predicted molar refractivity (Wildman–Crippen MR) is 75.2 cm³/mol. The molecule has 0 bridgehead atoms. The molecule has 0 spiro atoms. The third-order valence-corrected chi connectivity index (χ3v) is 3.92. The molecule has 1 heterocycles. The van der Waals surface area contributed by atoms with E-state index < -0.39 is 0 Å². The topological polar surface area (TPSA) is 12.5 Å². The number of benzene rings is 1. The highest BCUT2D eigenvalue weighted by molar-refractivity contribution is 14.1. The second-order valence-electron chi connectivity index (χ2n) is 3.62. The van der Waals surface area contributed by atoms with Gasteiger partial charge >= 0.3 is 0 Å². The summed E-state index contributed by atoms with van der Waals surface area (Å²) < 4.78 is 6.53. The van der Waals surface area contributed by atoms with E-state index in [2.05, 4.69) is 52.3 Å². The van der Waals surface area contributed by atoms with E-state index in [1.165, 1.54) is 27.7 Å². The smallest absolute Gasteiger partial charge is 0.134 e. The largest absolute Gasteiger partial charge is 0.496 e. The second kappa shape index (κ2) is 4.82. The second-order valence-corrected chi connectivity index (χ2v) is 5.07. The van der Waals surface area contributed by atoms with E-state index >= 15 is 0 Å². The van der Waals surface area contributed by atoms with Gasteiger partial charge in [0.1, 0.15) is 5.75 Å². The van der Waals surface area contributed by atoms with Crippen LogP contribution in [0.25, 0.3) is 0 Å². The average molecular weight is 335 g/mol. The van der Waals surface area contributed by atoms with Gasteiger partial charge in [0.05, 0.1) is 16.6 Å². The van der Waals surface area contributed by atoms with E-state index in [0.717, 1.165) is 18.2 Å². The van der Waals surface area contributed by atoms with Crippen molar-refractivity contribution in [3.63, 3.8) is 0 Å². The number of halogens is 1. The number of hydrogen-bond acceptors (Lipinski definition) is 3. The van der Waals surface area contributed by atoms with Crippen LogP contribution in [-0.2, 0) is 6.42 Å². The van der Waals surface area contributed by atoms with Crippen molar-refractivity contribution in [3.8, 4) is 5.75 Å². The Hall–Kier alpha value is -0.100. The number of methoxy groups -OCH3 is 1. The Labute approximate surface area is 110 Å². The molecule has 4 heteroatoms. The van der Waals surface area contributed by atoms with E-state index in [0.29, 0.717) is 0 Å². The standard InChI is InChI=1S/C11H14INOS/c1-14-11-6-10-8(5-9(11)12)3-2-4-13(10)7-15/h5-6,15H,2-4,7H2,1H3. The lowest BCUT2D eigenvalue weighted by molar-refractivity contribution is 0.411. The molecule has 0 atom stereocenters. The fraction of sp³-hybridized carbons (Fsp3) is 0.455. The van der Waals surface area contributed by atoms with E-state index in [1.54, 1.807) is 7.11 Å². The van der Waals surface area contributed by atoms with Crippen LogP contribution < -0.4 is 9.64 Å². The molecule has 0 radical (unpaired) electrons. The van der Waals surface area contributed by atoms with Crippen molar-refractivity contribution in [2.75, 3.05) is 24.4 Å². The molecule has 0 saturated heterocycles. The highest BCUT2D eigenvalue weighted by Gasteiger charge is 2.17. The third-order valence-electron chi connectivity index (χ3n) is 2.74. The van der Waals surface area contributed by atoms with E-state index in [9.17, 15) is 0 Å². The number of rotatable bonds is 2. The first-order valence-electron chi connectivity index (χ1n) is 4.98. The van der Waals surface area contributed by atoms with E-state index in [-0.39, 0.29) is 0 Å². The maximum Gasteiger partial charge on any atom is 0.134 e. The number of ether oxygens (including phenoxy) is 1. The average Bonchev–Trinajstić information content (AvgIpc) is 2.27. The van der Waals surface area contributed by atoms with Gasteiger partial charge in [-0.1, -0.05) is 0 Å². The summed E-state index contributed by atoms with van der Waals surface area (Å²) >= 11 is 6.68.